The monoisotopic (exact) mass is 729 g/mol. The number of hydrogen-bond donors (Lipinski definition) is 0. The van der Waals surface area contributed by atoms with Gasteiger partial charge in [0.15, 0.2) is 0 Å². The molecule has 272 valence electrons. The third kappa shape index (κ3) is 7.32. The Balaban J connectivity index is 1.22. The van der Waals surface area contributed by atoms with Gasteiger partial charge in [0.1, 0.15) is 0 Å². The molecule has 0 bridgehead atoms. The second-order valence-electron chi connectivity index (χ2n) is 14.6. The number of hydrogen-bond acceptors (Lipinski definition) is 1. The van der Waals surface area contributed by atoms with Gasteiger partial charge in [-0.3, -0.25) is 0 Å². The van der Waals surface area contributed by atoms with Crippen LogP contribution in [0.4, 0.5) is 17.1 Å². The van der Waals surface area contributed by atoms with Crippen LogP contribution in [-0.2, 0) is 0 Å². The van der Waals surface area contributed by atoms with Gasteiger partial charge >= 0.3 is 0 Å². The summed E-state index contributed by atoms with van der Waals surface area (Å²) < 4.78 is 0. The third-order valence-corrected chi connectivity index (χ3v) is 11.0. The van der Waals surface area contributed by atoms with Crippen LogP contribution < -0.4 is 4.90 Å². The number of anilines is 3. The Labute approximate surface area is 336 Å². The van der Waals surface area contributed by atoms with Crippen molar-refractivity contribution in [3.05, 3.63) is 236 Å². The van der Waals surface area contributed by atoms with E-state index >= 15 is 0 Å². The first-order valence-electron chi connectivity index (χ1n) is 19.7. The first-order valence-corrected chi connectivity index (χ1v) is 19.7. The van der Waals surface area contributed by atoms with Gasteiger partial charge in [0.25, 0.3) is 0 Å². The Morgan fingerprint density at radius 1 is 0.263 bits per heavy atom. The normalized spacial score (nSPS) is 11.0. The first kappa shape index (κ1) is 35.5. The fourth-order valence-electron chi connectivity index (χ4n) is 8.01. The molecule has 9 aromatic carbocycles. The van der Waals surface area contributed by atoms with Crippen molar-refractivity contribution < 1.29 is 0 Å². The second-order valence-corrected chi connectivity index (χ2v) is 14.6. The smallest absolute Gasteiger partial charge is 0.0546 e. The zero-order valence-corrected chi connectivity index (χ0v) is 32.3. The lowest BCUT2D eigenvalue weighted by Gasteiger charge is -2.30. The SMILES string of the molecule is Cc1ccccc1-c1c(C)cccc1-c1ccc(-c2ccccc2)cc1N(c1ccc(-c2ccccc2)cc1)c1ccc(-c2ccc(-c3ccccc3)cc2)cc1. The van der Waals surface area contributed by atoms with Crippen LogP contribution in [0.2, 0.25) is 0 Å². The van der Waals surface area contributed by atoms with Crippen molar-refractivity contribution in [1.29, 1.82) is 0 Å². The predicted octanol–water partition coefficient (Wildman–Crippen LogP) is 15.8. The molecule has 0 unspecified atom stereocenters. The summed E-state index contributed by atoms with van der Waals surface area (Å²) in [6.07, 6.45) is 0. The van der Waals surface area contributed by atoms with E-state index in [9.17, 15) is 0 Å². The summed E-state index contributed by atoms with van der Waals surface area (Å²) in [5, 5.41) is 0. The van der Waals surface area contributed by atoms with Gasteiger partial charge in [-0.1, -0.05) is 194 Å². The topological polar surface area (TPSA) is 3.24 Å². The van der Waals surface area contributed by atoms with E-state index in [1.165, 1.54) is 77.9 Å². The maximum absolute atomic E-state index is 2.43. The van der Waals surface area contributed by atoms with Crippen LogP contribution in [0.25, 0.3) is 66.8 Å². The molecule has 0 N–H and O–H groups in total. The maximum atomic E-state index is 2.43. The van der Waals surface area contributed by atoms with Crippen molar-refractivity contribution in [1.82, 2.24) is 0 Å². The fourth-order valence-corrected chi connectivity index (χ4v) is 8.01. The molecule has 0 saturated carbocycles. The molecule has 9 aromatic rings. The molecular weight excluding hydrogens is 687 g/mol. The second kappa shape index (κ2) is 15.9. The minimum atomic E-state index is 1.09. The summed E-state index contributed by atoms with van der Waals surface area (Å²) in [4.78, 5) is 2.43. The summed E-state index contributed by atoms with van der Waals surface area (Å²) in [6.45, 7) is 4.44. The zero-order valence-electron chi connectivity index (χ0n) is 32.3. The van der Waals surface area contributed by atoms with Gasteiger partial charge in [0.05, 0.1) is 5.69 Å². The predicted molar refractivity (Wildman–Crippen MR) is 243 cm³/mol. The third-order valence-electron chi connectivity index (χ3n) is 11.0. The van der Waals surface area contributed by atoms with Crippen molar-refractivity contribution in [2.45, 2.75) is 13.8 Å². The molecule has 0 aromatic heterocycles. The van der Waals surface area contributed by atoms with Crippen LogP contribution in [0, 0.1) is 13.8 Å². The molecule has 0 radical (unpaired) electrons. The van der Waals surface area contributed by atoms with E-state index < -0.39 is 0 Å². The highest BCUT2D eigenvalue weighted by molar-refractivity contribution is 5.97. The average Bonchev–Trinajstić information content (AvgIpc) is 3.28. The van der Waals surface area contributed by atoms with Crippen LogP contribution in [0.15, 0.2) is 224 Å². The summed E-state index contributed by atoms with van der Waals surface area (Å²) in [7, 11) is 0. The van der Waals surface area contributed by atoms with Gasteiger partial charge in [0, 0.05) is 16.9 Å². The van der Waals surface area contributed by atoms with Crippen molar-refractivity contribution in [3.8, 4) is 66.8 Å². The molecule has 0 saturated heterocycles. The molecule has 9 rings (SSSR count). The van der Waals surface area contributed by atoms with Crippen molar-refractivity contribution in [2.75, 3.05) is 4.90 Å². The van der Waals surface area contributed by atoms with Crippen molar-refractivity contribution in [3.63, 3.8) is 0 Å². The summed E-state index contributed by atoms with van der Waals surface area (Å²) >= 11 is 0. The summed E-state index contributed by atoms with van der Waals surface area (Å²) in [5.41, 5.74) is 20.2. The van der Waals surface area contributed by atoms with E-state index in [1.54, 1.807) is 0 Å². The average molecular weight is 730 g/mol. The highest BCUT2D eigenvalue weighted by Crippen LogP contribution is 2.47. The van der Waals surface area contributed by atoms with Crippen LogP contribution in [0.3, 0.4) is 0 Å². The number of nitrogens with zero attached hydrogens (tertiary/aromatic N) is 1. The highest BCUT2D eigenvalue weighted by atomic mass is 15.1. The highest BCUT2D eigenvalue weighted by Gasteiger charge is 2.22. The van der Waals surface area contributed by atoms with Crippen LogP contribution in [-0.4, -0.2) is 0 Å². The molecule has 1 heteroatoms. The Kier molecular flexibility index (Phi) is 9.88. The first-order chi connectivity index (χ1) is 28.1. The van der Waals surface area contributed by atoms with E-state index in [2.05, 4.69) is 243 Å². The van der Waals surface area contributed by atoms with Gasteiger partial charge < -0.3 is 4.90 Å². The lowest BCUT2D eigenvalue weighted by molar-refractivity contribution is 1.28. The van der Waals surface area contributed by atoms with Crippen LogP contribution in [0.5, 0.6) is 0 Å². The zero-order chi connectivity index (χ0) is 38.6. The van der Waals surface area contributed by atoms with E-state index in [-0.39, 0.29) is 0 Å². The molecule has 0 heterocycles. The number of aryl methyl sites for hydroxylation is 2. The van der Waals surface area contributed by atoms with Gasteiger partial charge in [-0.05, 0) is 117 Å². The molecule has 0 atom stereocenters. The van der Waals surface area contributed by atoms with E-state index in [0.717, 1.165) is 17.1 Å². The van der Waals surface area contributed by atoms with Gasteiger partial charge in [0.2, 0.25) is 0 Å². The Bertz CT molecular complexity index is 2750. The molecule has 0 amide bonds. The van der Waals surface area contributed by atoms with E-state index in [1.807, 2.05) is 0 Å². The van der Waals surface area contributed by atoms with Crippen molar-refractivity contribution in [2.24, 2.45) is 0 Å². The van der Waals surface area contributed by atoms with Gasteiger partial charge in [-0.2, -0.15) is 0 Å². The Hall–Kier alpha value is -7.22. The minimum Gasteiger partial charge on any atom is -0.310 e. The fraction of sp³-hybridized carbons (Fsp3) is 0.0357. The standard InChI is InChI=1S/C56H43N/c1-40-15-12-13-23-52(40)56-41(2)16-14-24-54(56)53-38-33-49(44-21-10-5-11-22-44)39-55(53)57(50-34-29-47(30-35-50)43-19-8-4-9-20-43)51-36-31-48(32-37-51)46-27-25-45(26-28-46)42-17-6-3-7-18-42/h3-39H,1-2H3. The summed E-state index contributed by atoms with van der Waals surface area (Å²) in [5.74, 6) is 0. The molecule has 0 aliphatic heterocycles. The van der Waals surface area contributed by atoms with Gasteiger partial charge in [-0.15, -0.1) is 0 Å². The number of rotatable bonds is 9. The van der Waals surface area contributed by atoms with E-state index in [4.69, 9.17) is 0 Å². The van der Waals surface area contributed by atoms with Crippen molar-refractivity contribution >= 4 is 17.1 Å². The molecule has 57 heavy (non-hydrogen) atoms. The lowest BCUT2D eigenvalue weighted by Crippen LogP contribution is -2.12. The van der Waals surface area contributed by atoms with Gasteiger partial charge in [-0.25, -0.2) is 0 Å². The van der Waals surface area contributed by atoms with Crippen LogP contribution in [0.1, 0.15) is 11.1 Å². The number of benzene rings is 9. The van der Waals surface area contributed by atoms with E-state index in [0.29, 0.717) is 0 Å². The largest absolute Gasteiger partial charge is 0.310 e. The molecule has 0 fully saturated rings. The molecule has 0 spiro atoms. The summed E-state index contributed by atoms with van der Waals surface area (Å²) in [6, 6.07) is 81.2. The minimum absolute atomic E-state index is 1.09. The molecule has 1 nitrogen and oxygen atoms in total. The Morgan fingerprint density at radius 2 is 0.632 bits per heavy atom. The van der Waals surface area contributed by atoms with Crippen LogP contribution >= 0.6 is 0 Å². The molecular formula is C56H43N. The quantitative estimate of drug-likeness (QED) is 0.143. The molecule has 0 aliphatic carbocycles. The lowest BCUT2D eigenvalue weighted by atomic mass is 9.87. The maximum Gasteiger partial charge on any atom is 0.0546 e. The molecule has 0 aliphatic rings. The Morgan fingerprint density at radius 3 is 1.12 bits per heavy atom.